The van der Waals surface area contributed by atoms with E-state index in [-0.39, 0.29) is 11.8 Å². The number of carbonyl (C=O) groups is 2. The Kier molecular flexibility index (Phi) is 2.56. The minimum absolute atomic E-state index is 0.306. The third-order valence-electron chi connectivity index (χ3n) is 6.36. The summed E-state index contributed by atoms with van der Waals surface area (Å²) in [7, 11) is 2.10. The van der Waals surface area contributed by atoms with Gasteiger partial charge in [0.1, 0.15) is 0 Å². The molecule has 0 bridgehead atoms. The summed E-state index contributed by atoms with van der Waals surface area (Å²) in [5.74, 6) is -0.620. The Hall–Kier alpha value is -3.64. The van der Waals surface area contributed by atoms with Crippen molar-refractivity contribution in [1.82, 2.24) is 19.8 Å². The van der Waals surface area contributed by atoms with Crippen LogP contribution in [0.25, 0.3) is 43.6 Å². The molecule has 2 amide bonds. The van der Waals surface area contributed by atoms with Crippen LogP contribution in [0.4, 0.5) is 0 Å². The fraction of sp³-hybridized carbons (Fsp3) is 0.130. The van der Waals surface area contributed by atoms with Gasteiger partial charge < -0.3 is 9.55 Å². The van der Waals surface area contributed by atoms with Gasteiger partial charge in [-0.25, -0.2) is 0 Å². The Labute approximate surface area is 164 Å². The molecule has 2 N–H and O–H groups in total. The summed E-state index contributed by atoms with van der Waals surface area (Å²) in [4.78, 5) is 31.6. The molecule has 0 aliphatic carbocycles. The molecule has 140 valence electrons. The number of hydrogen-bond acceptors (Lipinski definition) is 3. The first kappa shape index (κ1) is 15.3. The Morgan fingerprint density at radius 3 is 2.48 bits per heavy atom. The van der Waals surface area contributed by atoms with Crippen LogP contribution < -0.4 is 5.32 Å². The van der Waals surface area contributed by atoms with Crippen LogP contribution in [0.1, 0.15) is 26.3 Å². The average molecular weight is 380 g/mol. The fourth-order valence-corrected chi connectivity index (χ4v) is 5.36. The van der Waals surface area contributed by atoms with E-state index in [1.54, 1.807) is 0 Å². The summed E-state index contributed by atoms with van der Waals surface area (Å²) >= 11 is 0. The van der Waals surface area contributed by atoms with E-state index in [0.29, 0.717) is 11.1 Å². The van der Waals surface area contributed by atoms with Crippen molar-refractivity contribution in [2.24, 2.45) is 0 Å². The third kappa shape index (κ3) is 1.67. The van der Waals surface area contributed by atoms with Gasteiger partial charge in [-0.3, -0.25) is 19.8 Å². The second kappa shape index (κ2) is 4.85. The summed E-state index contributed by atoms with van der Waals surface area (Å²) in [6.07, 6.45) is 0. The van der Waals surface area contributed by atoms with E-state index in [0.717, 1.165) is 56.8 Å². The fourth-order valence-electron chi connectivity index (χ4n) is 5.36. The number of hydrogen-bond donors (Lipinski definition) is 2. The lowest BCUT2D eigenvalue weighted by molar-refractivity contribution is 0.0880. The number of H-pyrrole nitrogens is 1. The highest BCUT2D eigenvalue weighted by atomic mass is 16.2. The van der Waals surface area contributed by atoms with Crippen molar-refractivity contribution in [2.75, 3.05) is 7.05 Å². The quantitative estimate of drug-likeness (QED) is 0.402. The van der Waals surface area contributed by atoms with Crippen molar-refractivity contribution in [3.63, 3.8) is 0 Å². The Bertz CT molecular complexity index is 1590. The number of rotatable bonds is 0. The number of aromatic nitrogens is 2. The first-order valence-electron chi connectivity index (χ1n) is 9.68. The maximum absolute atomic E-state index is 12.9. The largest absolute Gasteiger partial charge is 0.353 e. The highest BCUT2D eigenvalue weighted by Gasteiger charge is 2.36. The third-order valence-corrected chi connectivity index (χ3v) is 6.36. The molecule has 6 heteroatoms. The summed E-state index contributed by atoms with van der Waals surface area (Å²) in [6.45, 7) is 1.59. The van der Waals surface area contributed by atoms with Crippen LogP contribution in [-0.2, 0) is 13.2 Å². The molecule has 7 rings (SSSR count). The molecule has 6 nitrogen and oxygen atoms in total. The molecule has 0 atom stereocenters. The van der Waals surface area contributed by atoms with Crippen molar-refractivity contribution in [2.45, 2.75) is 13.2 Å². The van der Waals surface area contributed by atoms with Crippen LogP contribution in [0.15, 0.2) is 42.5 Å². The zero-order chi connectivity index (χ0) is 19.4. The first-order valence-corrected chi connectivity index (χ1v) is 9.68. The summed E-state index contributed by atoms with van der Waals surface area (Å²) < 4.78 is 2.29. The predicted octanol–water partition coefficient (Wildman–Crippen LogP) is 3.72. The second-order valence-electron chi connectivity index (χ2n) is 8.07. The summed E-state index contributed by atoms with van der Waals surface area (Å²) in [5, 5.41) is 6.24. The normalized spacial score (nSPS) is 16.4. The van der Waals surface area contributed by atoms with Crippen LogP contribution in [0.5, 0.6) is 0 Å². The number of aromatic amines is 1. The molecule has 2 aromatic heterocycles. The van der Waals surface area contributed by atoms with Crippen LogP contribution in [0.3, 0.4) is 0 Å². The molecule has 4 heterocycles. The average Bonchev–Trinajstić information content (AvgIpc) is 3.33. The number of imide groups is 1. The zero-order valence-electron chi connectivity index (χ0n) is 15.7. The molecule has 2 aliphatic rings. The lowest BCUT2D eigenvalue weighted by Gasteiger charge is -2.25. The highest BCUT2D eigenvalue weighted by molar-refractivity contribution is 6.39. The van der Waals surface area contributed by atoms with E-state index < -0.39 is 0 Å². The smallest absolute Gasteiger partial charge is 0.259 e. The van der Waals surface area contributed by atoms with Gasteiger partial charge in [0.15, 0.2) is 0 Å². The van der Waals surface area contributed by atoms with E-state index in [1.807, 2.05) is 30.3 Å². The van der Waals surface area contributed by atoms with Crippen molar-refractivity contribution >= 4 is 55.4 Å². The van der Waals surface area contributed by atoms with Crippen LogP contribution in [-0.4, -0.2) is 33.3 Å². The van der Waals surface area contributed by atoms with E-state index in [9.17, 15) is 9.59 Å². The molecule has 0 radical (unpaired) electrons. The number of fused-ring (bicyclic) bond motifs is 10. The molecule has 3 aromatic carbocycles. The minimum atomic E-state index is -0.314. The molecule has 29 heavy (non-hydrogen) atoms. The topological polar surface area (TPSA) is 70.1 Å². The molecular weight excluding hydrogens is 364 g/mol. The SMILES string of the molecule is CN1Cc2cccc3c4c5c(c6c7ccccc7[nH]c6c4n(c23)C1)C(=O)NC5=O. The molecule has 0 fully saturated rings. The zero-order valence-corrected chi connectivity index (χ0v) is 15.7. The highest BCUT2D eigenvalue weighted by Crippen LogP contribution is 2.44. The van der Waals surface area contributed by atoms with Crippen LogP contribution in [0.2, 0.25) is 0 Å². The van der Waals surface area contributed by atoms with Gasteiger partial charge in [-0.2, -0.15) is 0 Å². The van der Waals surface area contributed by atoms with Gasteiger partial charge in [0.05, 0.1) is 34.3 Å². The number of nitrogens with zero attached hydrogens (tertiary/aromatic N) is 2. The van der Waals surface area contributed by atoms with Crippen LogP contribution >= 0.6 is 0 Å². The second-order valence-corrected chi connectivity index (χ2v) is 8.07. The lowest BCUT2D eigenvalue weighted by Crippen LogP contribution is -2.26. The van der Waals surface area contributed by atoms with Crippen molar-refractivity contribution in [3.05, 3.63) is 59.2 Å². The van der Waals surface area contributed by atoms with Crippen molar-refractivity contribution < 1.29 is 9.59 Å². The maximum Gasteiger partial charge on any atom is 0.259 e. The number of nitrogens with one attached hydrogen (secondary N) is 2. The molecule has 0 unspecified atom stereocenters. The Morgan fingerprint density at radius 1 is 0.862 bits per heavy atom. The molecule has 0 saturated heterocycles. The lowest BCUT2D eigenvalue weighted by atomic mass is 9.96. The molecule has 2 aliphatic heterocycles. The van der Waals surface area contributed by atoms with Gasteiger partial charge in [-0.1, -0.05) is 36.4 Å². The number of amides is 2. The summed E-state index contributed by atoms with van der Waals surface area (Å²) in [6, 6.07) is 14.2. The van der Waals surface area contributed by atoms with Gasteiger partial charge in [-0.05, 0) is 18.7 Å². The Morgan fingerprint density at radius 2 is 1.62 bits per heavy atom. The first-order chi connectivity index (χ1) is 14.1. The summed E-state index contributed by atoms with van der Waals surface area (Å²) in [5.41, 5.74) is 6.26. The van der Waals surface area contributed by atoms with Gasteiger partial charge in [0.25, 0.3) is 11.8 Å². The minimum Gasteiger partial charge on any atom is -0.353 e. The molecule has 0 saturated carbocycles. The van der Waals surface area contributed by atoms with Crippen molar-refractivity contribution in [3.8, 4) is 0 Å². The monoisotopic (exact) mass is 380 g/mol. The predicted molar refractivity (Wildman–Crippen MR) is 112 cm³/mol. The van der Waals surface area contributed by atoms with Crippen LogP contribution in [0, 0.1) is 0 Å². The molecule has 0 spiro atoms. The van der Waals surface area contributed by atoms with E-state index in [1.165, 1.54) is 5.56 Å². The van der Waals surface area contributed by atoms with Gasteiger partial charge >= 0.3 is 0 Å². The van der Waals surface area contributed by atoms with Gasteiger partial charge in [-0.15, -0.1) is 0 Å². The molecular formula is C23H16N4O2. The van der Waals surface area contributed by atoms with Crippen molar-refractivity contribution in [1.29, 1.82) is 0 Å². The number of carbonyl (C=O) groups excluding carboxylic acids is 2. The van der Waals surface area contributed by atoms with Gasteiger partial charge in [0, 0.05) is 33.6 Å². The van der Waals surface area contributed by atoms with E-state index >= 15 is 0 Å². The van der Waals surface area contributed by atoms with Gasteiger partial charge in [0.2, 0.25) is 0 Å². The number of para-hydroxylation sites is 2. The number of benzene rings is 3. The molecule has 5 aromatic rings. The maximum atomic E-state index is 12.9. The Balaban J connectivity index is 1.88. The van der Waals surface area contributed by atoms with E-state index in [4.69, 9.17) is 0 Å². The standard InChI is InChI=1S/C23H16N4O2/c1-26-9-11-5-4-7-13-16-18-17(22(28)25-23(18)29)15-12-6-2-3-8-14(12)24-19(15)21(16)27(10-26)20(11)13/h2-8,24H,9-10H2,1H3,(H,25,28,29). The van der Waals surface area contributed by atoms with E-state index in [2.05, 4.69) is 38.9 Å².